The molecule has 0 radical (unpaired) electrons. The lowest BCUT2D eigenvalue weighted by atomic mass is 10.2. The first-order chi connectivity index (χ1) is 8.24. The van der Waals surface area contributed by atoms with Gasteiger partial charge in [-0.1, -0.05) is 22.8 Å². The number of halogens is 1. The van der Waals surface area contributed by atoms with Crippen molar-refractivity contribution in [3.63, 3.8) is 0 Å². The highest BCUT2D eigenvalue weighted by Crippen LogP contribution is 2.24. The minimum Gasteiger partial charge on any atom is -0.359 e. The molecule has 17 heavy (non-hydrogen) atoms. The SMILES string of the molecule is Cc1cc(Cn2ccc3c(Cl)cccc32)on1. The van der Waals surface area contributed by atoms with Gasteiger partial charge in [0.25, 0.3) is 0 Å². The van der Waals surface area contributed by atoms with Crippen LogP contribution in [0.2, 0.25) is 5.02 Å². The molecular weight excluding hydrogens is 236 g/mol. The Morgan fingerprint density at radius 2 is 2.24 bits per heavy atom. The molecule has 0 unspecified atom stereocenters. The highest BCUT2D eigenvalue weighted by atomic mass is 35.5. The Bertz CT molecular complexity index is 669. The van der Waals surface area contributed by atoms with E-state index in [4.69, 9.17) is 16.1 Å². The Labute approximate surface area is 104 Å². The summed E-state index contributed by atoms with van der Waals surface area (Å²) in [4.78, 5) is 0. The van der Waals surface area contributed by atoms with Crippen LogP contribution in [0.25, 0.3) is 10.9 Å². The van der Waals surface area contributed by atoms with Crippen LogP contribution in [0.4, 0.5) is 0 Å². The fourth-order valence-electron chi connectivity index (χ4n) is 1.98. The average molecular weight is 247 g/mol. The van der Waals surface area contributed by atoms with Gasteiger partial charge in [-0.15, -0.1) is 0 Å². The molecule has 0 aliphatic carbocycles. The minimum absolute atomic E-state index is 0.671. The third-order valence-corrected chi connectivity index (χ3v) is 3.09. The zero-order valence-electron chi connectivity index (χ0n) is 9.35. The van der Waals surface area contributed by atoms with E-state index in [0.717, 1.165) is 27.4 Å². The van der Waals surface area contributed by atoms with Crippen LogP contribution in [0, 0.1) is 6.92 Å². The molecule has 3 nitrogen and oxygen atoms in total. The standard InChI is InChI=1S/C13H11ClN2O/c1-9-7-10(17-15-9)8-16-6-5-11-12(14)3-2-4-13(11)16/h2-7H,8H2,1H3. The van der Waals surface area contributed by atoms with Gasteiger partial charge in [-0.25, -0.2) is 0 Å². The smallest absolute Gasteiger partial charge is 0.156 e. The van der Waals surface area contributed by atoms with E-state index >= 15 is 0 Å². The Morgan fingerprint density at radius 1 is 1.35 bits per heavy atom. The number of hydrogen-bond acceptors (Lipinski definition) is 2. The highest BCUT2D eigenvalue weighted by molar-refractivity contribution is 6.35. The van der Waals surface area contributed by atoms with Crippen LogP contribution < -0.4 is 0 Å². The molecule has 2 heterocycles. The molecule has 0 saturated heterocycles. The Kier molecular flexibility index (Phi) is 2.41. The van der Waals surface area contributed by atoms with Crippen LogP contribution in [-0.4, -0.2) is 9.72 Å². The fraction of sp³-hybridized carbons (Fsp3) is 0.154. The summed E-state index contributed by atoms with van der Waals surface area (Å²) in [6.45, 7) is 2.59. The first kappa shape index (κ1) is 10.4. The Hall–Kier alpha value is -1.74. The third kappa shape index (κ3) is 1.83. The van der Waals surface area contributed by atoms with Crippen molar-refractivity contribution in [1.82, 2.24) is 9.72 Å². The van der Waals surface area contributed by atoms with Gasteiger partial charge in [-0.3, -0.25) is 0 Å². The van der Waals surface area contributed by atoms with Crippen LogP contribution in [0.3, 0.4) is 0 Å². The Morgan fingerprint density at radius 3 is 3.00 bits per heavy atom. The summed E-state index contributed by atoms with van der Waals surface area (Å²) in [7, 11) is 0. The quantitative estimate of drug-likeness (QED) is 0.691. The molecule has 0 aliphatic rings. The summed E-state index contributed by atoms with van der Waals surface area (Å²) in [6, 6.07) is 9.85. The summed E-state index contributed by atoms with van der Waals surface area (Å²) in [6.07, 6.45) is 2.01. The van der Waals surface area contributed by atoms with Gasteiger partial charge in [0.15, 0.2) is 5.76 Å². The first-order valence-electron chi connectivity index (χ1n) is 5.39. The summed E-state index contributed by atoms with van der Waals surface area (Å²) < 4.78 is 7.31. The third-order valence-electron chi connectivity index (χ3n) is 2.76. The summed E-state index contributed by atoms with van der Waals surface area (Å²) in [5, 5.41) is 5.71. The molecule has 0 fully saturated rings. The molecular formula is C13H11ClN2O. The molecule has 0 N–H and O–H groups in total. The number of hydrogen-bond donors (Lipinski definition) is 0. The molecule has 0 saturated carbocycles. The van der Waals surface area contributed by atoms with E-state index in [1.54, 1.807) is 0 Å². The van der Waals surface area contributed by atoms with E-state index in [1.807, 2.05) is 43.5 Å². The van der Waals surface area contributed by atoms with Crippen molar-refractivity contribution in [1.29, 1.82) is 0 Å². The minimum atomic E-state index is 0.671. The largest absolute Gasteiger partial charge is 0.359 e. The average Bonchev–Trinajstić information content (AvgIpc) is 2.88. The van der Waals surface area contributed by atoms with Gasteiger partial charge in [-0.05, 0) is 25.1 Å². The first-order valence-corrected chi connectivity index (χ1v) is 5.77. The summed E-state index contributed by atoms with van der Waals surface area (Å²) in [5.41, 5.74) is 2.00. The van der Waals surface area contributed by atoms with E-state index in [0.29, 0.717) is 6.54 Å². The normalized spacial score (nSPS) is 11.2. The summed E-state index contributed by atoms with van der Waals surface area (Å²) >= 11 is 6.13. The molecule has 1 aromatic carbocycles. The van der Waals surface area contributed by atoms with Gasteiger partial charge >= 0.3 is 0 Å². The topological polar surface area (TPSA) is 31.0 Å². The lowest BCUT2D eigenvalue weighted by Crippen LogP contribution is -1.95. The molecule has 2 aromatic heterocycles. The molecule has 0 spiro atoms. The number of nitrogens with zero attached hydrogens (tertiary/aromatic N) is 2. The van der Waals surface area contributed by atoms with Gasteiger partial charge < -0.3 is 9.09 Å². The van der Waals surface area contributed by atoms with Crippen LogP contribution in [0.15, 0.2) is 41.1 Å². The van der Waals surface area contributed by atoms with Crippen molar-refractivity contribution < 1.29 is 4.52 Å². The van der Waals surface area contributed by atoms with Crippen LogP contribution in [0.1, 0.15) is 11.5 Å². The fourth-order valence-corrected chi connectivity index (χ4v) is 2.22. The molecule has 0 amide bonds. The van der Waals surface area contributed by atoms with Gasteiger partial charge in [0.05, 0.1) is 12.2 Å². The van der Waals surface area contributed by atoms with E-state index < -0.39 is 0 Å². The number of benzene rings is 1. The van der Waals surface area contributed by atoms with Crippen molar-refractivity contribution in [2.24, 2.45) is 0 Å². The van der Waals surface area contributed by atoms with E-state index in [2.05, 4.69) is 9.72 Å². The molecule has 3 rings (SSSR count). The van der Waals surface area contributed by atoms with Crippen molar-refractivity contribution in [2.75, 3.05) is 0 Å². The molecule has 86 valence electrons. The maximum atomic E-state index is 6.13. The van der Waals surface area contributed by atoms with E-state index in [1.165, 1.54) is 0 Å². The van der Waals surface area contributed by atoms with Crippen molar-refractivity contribution in [3.8, 4) is 0 Å². The lowest BCUT2D eigenvalue weighted by Gasteiger charge is -2.02. The van der Waals surface area contributed by atoms with Crippen molar-refractivity contribution in [2.45, 2.75) is 13.5 Å². The predicted molar refractivity (Wildman–Crippen MR) is 67.3 cm³/mol. The molecule has 3 aromatic rings. The Balaban J connectivity index is 2.04. The number of aryl methyl sites for hydroxylation is 1. The zero-order valence-corrected chi connectivity index (χ0v) is 10.1. The van der Waals surface area contributed by atoms with Crippen molar-refractivity contribution >= 4 is 22.5 Å². The number of rotatable bonds is 2. The lowest BCUT2D eigenvalue weighted by molar-refractivity contribution is 0.374. The second kappa shape index (κ2) is 3.93. The van der Waals surface area contributed by atoms with E-state index in [9.17, 15) is 0 Å². The van der Waals surface area contributed by atoms with Gasteiger partial charge in [-0.2, -0.15) is 0 Å². The molecule has 4 heteroatoms. The second-order valence-electron chi connectivity index (χ2n) is 4.05. The van der Waals surface area contributed by atoms with Crippen LogP contribution in [-0.2, 0) is 6.54 Å². The van der Waals surface area contributed by atoms with Crippen molar-refractivity contribution in [3.05, 3.63) is 53.0 Å². The number of aromatic nitrogens is 2. The predicted octanol–water partition coefficient (Wildman–Crippen LogP) is 3.64. The van der Waals surface area contributed by atoms with Gasteiger partial charge in [0, 0.05) is 28.2 Å². The monoisotopic (exact) mass is 246 g/mol. The maximum absolute atomic E-state index is 6.13. The van der Waals surface area contributed by atoms with Crippen LogP contribution in [0.5, 0.6) is 0 Å². The zero-order chi connectivity index (χ0) is 11.8. The second-order valence-corrected chi connectivity index (χ2v) is 4.46. The highest BCUT2D eigenvalue weighted by Gasteiger charge is 2.06. The summed E-state index contributed by atoms with van der Waals surface area (Å²) in [5.74, 6) is 0.847. The van der Waals surface area contributed by atoms with E-state index in [-0.39, 0.29) is 0 Å². The number of fused-ring (bicyclic) bond motifs is 1. The maximum Gasteiger partial charge on any atom is 0.156 e. The van der Waals surface area contributed by atoms with Gasteiger partial charge in [0.1, 0.15) is 0 Å². The molecule has 0 atom stereocenters. The van der Waals surface area contributed by atoms with Crippen LogP contribution >= 0.6 is 11.6 Å². The molecule has 0 aliphatic heterocycles. The van der Waals surface area contributed by atoms with Gasteiger partial charge in [0.2, 0.25) is 0 Å². The molecule has 0 bridgehead atoms.